The monoisotopic (exact) mass is 320 g/mol. The van der Waals surface area contributed by atoms with Crippen LogP contribution in [0.1, 0.15) is 0 Å². The van der Waals surface area contributed by atoms with Crippen molar-refractivity contribution >= 4 is 55.6 Å². The maximum absolute atomic E-state index is 5.95. The first kappa shape index (κ1) is 10.2. The van der Waals surface area contributed by atoms with E-state index in [0.29, 0.717) is 0 Å². The molecule has 0 spiro atoms. The van der Waals surface area contributed by atoms with Gasteiger partial charge in [0.2, 0.25) is 0 Å². The molecule has 0 unspecified atom stereocenters. The second-order valence-corrected chi connectivity index (χ2v) is 9.73. The van der Waals surface area contributed by atoms with E-state index in [0.717, 1.165) is 5.02 Å². The van der Waals surface area contributed by atoms with Crippen molar-refractivity contribution < 1.29 is 0 Å². The smallest absolute Gasteiger partial charge is 0.0657 e. The van der Waals surface area contributed by atoms with E-state index in [-0.39, 0.29) is 0 Å². The molecule has 11 heavy (non-hydrogen) atoms. The summed E-state index contributed by atoms with van der Waals surface area (Å²) in [6, 6.07) is 0. The van der Waals surface area contributed by atoms with Crippen molar-refractivity contribution in [1.82, 2.24) is 0 Å². The highest BCUT2D eigenvalue weighted by molar-refractivity contribution is 14.1. The van der Waals surface area contributed by atoms with Crippen molar-refractivity contribution in [2.45, 2.75) is 4.21 Å². The Morgan fingerprint density at radius 2 is 2.00 bits per heavy atom. The maximum Gasteiger partial charge on any atom is 0.0657 e. The third-order valence-corrected chi connectivity index (χ3v) is 7.69. The Labute approximate surface area is 91.8 Å². The van der Waals surface area contributed by atoms with Gasteiger partial charge in [0.1, 0.15) is 0 Å². The lowest BCUT2D eigenvalue weighted by Gasteiger charge is -2.23. The van der Waals surface area contributed by atoms with E-state index in [9.17, 15) is 0 Å². The number of rotatable bonds is 1. The molecule has 1 rings (SSSR count). The molecule has 0 aromatic carbocycles. The summed E-state index contributed by atoms with van der Waals surface area (Å²) in [5.74, 6) is 0. The van der Waals surface area contributed by atoms with Gasteiger partial charge in [0.25, 0.3) is 0 Å². The largest absolute Gasteiger partial charge is 0.213 e. The molecule has 0 bridgehead atoms. The van der Waals surface area contributed by atoms with Crippen molar-refractivity contribution in [3.8, 4) is 0 Å². The molecule has 0 aliphatic heterocycles. The third kappa shape index (κ3) is 2.26. The Kier molecular flexibility index (Phi) is 3.17. The highest BCUT2D eigenvalue weighted by Crippen LogP contribution is 2.52. The molecule has 0 aliphatic carbocycles. The van der Waals surface area contributed by atoms with Gasteiger partial charge in [0.05, 0.1) is 12.8 Å². The van der Waals surface area contributed by atoms with Crippen molar-refractivity contribution in [2.75, 3.05) is 18.8 Å². The van der Waals surface area contributed by atoms with Gasteiger partial charge in [-0.2, -0.15) is 0 Å². The summed E-state index contributed by atoms with van der Waals surface area (Å²) in [5.41, 5.74) is 0. The van der Waals surface area contributed by atoms with Crippen LogP contribution in [0.4, 0.5) is 0 Å². The van der Waals surface area contributed by atoms with Crippen LogP contribution >= 0.6 is 55.6 Å². The normalized spacial score (nSPS) is 13.5. The maximum atomic E-state index is 5.95. The second kappa shape index (κ2) is 3.44. The molecule has 0 saturated carbocycles. The minimum atomic E-state index is -0.586. The summed E-state index contributed by atoms with van der Waals surface area (Å²) in [7, 11) is -0.586. The first-order valence-corrected chi connectivity index (χ1v) is 8.23. The van der Waals surface area contributed by atoms with Gasteiger partial charge in [0.15, 0.2) is 0 Å². The lowest BCUT2D eigenvalue weighted by atomic mass is 10.7. The molecule has 0 radical (unpaired) electrons. The SMILES string of the molecule is CS(C)(C)c1scc(Cl)c1I. The van der Waals surface area contributed by atoms with Crippen LogP contribution in [-0.4, -0.2) is 18.8 Å². The van der Waals surface area contributed by atoms with Crippen LogP contribution in [0.2, 0.25) is 5.02 Å². The van der Waals surface area contributed by atoms with E-state index < -0.39 is 10.0 Å². The van der Waals surface area contributed by atoms with E-state index in [1.807, 2.05) is 5.38 Å². The van der Waals surface area contributed by atoms with E-state index in [4.69, 9.17) is 11.6 Å². The second-order valence-electron chi connectivity index (χ2n) is 3.02. The van der Waals surface area contributed by atoms with Gasteiger partial charge in [0, 0.05) is 5.38 Å². The summed E-state index contributed by atoms with van der Waals surface area (Å²) in [6.07, 6.45) is 6.87. The molecule has 4 heteroatoms. The quantitative estimate of drug-likeness (QED) is 0.685. The zero-order chi connectivity index (χ0) is 8.65. The molecule has 1 heterocycles. The number of hydrogen-bond donors (Lipinski definition) is 0. The highest BCUT2D eigenvalue weighted by atomic mass is 127. The molecule has 1 aromatic heterocycles. The molecule has 0 N–H and O–H groups in total. The molecule has 1 aromatic rings. The number of halogens is 2. The minimum Gasteiger partial charge on any atom is -0.213 e. The van der Waals surface area contributed by atoms with Gasteiger partial charge >= 0.3 is 0 Å². The van der Waals surface area contributed by atoms with Gasteiger partial charge in [-0.1, -0.05) is 11.6 Å². The summed E-state index contributed by atoms with van der Waals surface area (Å²) < 4.78 is 2.71. The van der Waals surface area contributed by atoms with E-state index in [2.05, 4.69) is 41.4 Å². The van der Waals surface area contributed by atoms with Crippen LogP contribution in [0.5, 0.6) is 0 Å². The fraction of sp³-hybridized carbons (Fsp3) is 0.429. The fourth-order valence-corrected chi connectivity index (χ4v) is 6.28. The van der Waals surface area contributed by atoms with E-state index >= 15 is 0 Å². The zero-order valence-corrected chi connectivity index (χ0v) is 11.2. The van der Waals surface area contributed by atoms with Crippen molar-refractivity contribution in [3.63, 3.8) is 0 Å². The van der Waals surface area contributed by atoms with E-state index in [1.165, 1.54) is 7.78 Å². The Bertz CT molecular complexity index is 262. The van der Waals surface area contributed by atoms with Crippen LogP contribution < -0.4 is 0 Å². The Morgan fingerprint density at radius 3 is 2.18 bits per heavy atom. The predicted octanol–water partition coefficient (Wildman–Crippen LogP) is 4.06. The lowest BCUT2D eigenvalue weighted by Crippen LogP contribution is -1.90. The summed E-state index contributed by atoms with van der Waals surface area (Å²) >= 11 is 10.1. The Hall–Kier alpha value is 1.07. The summed E-state index contributed by atoms with van der Waals surface area (Å²) in [4.78, 5) is 0. The highest BCUT2D eigenvalue weighted by Gasteiger charge is 2.15. The van der Waals surface area contributed by atoms with Gasteiger partial charge < -0.3 is 0 Å². The molecule has 64 valence electrons. The van der Waals surface area contributed by atoms with Crippen LogP contribution in [0.3, 0.4) is 0 Å². The predicted molar refractivity (Wildman–Crippen MR) is 65.7 cm³/mol. The first-order valence-electron chi connectivity index (χ1n) is 3.04. The van der Waals surface area contributed by atoms with Crippen LogP contribution in [0.15, 0.2) is 9.59 Å². The van der Waals surface area contributed by atoms with Gasteiger partial charge in [-0.05, 0) is 41.4 Å². The minimum absolute atomic E-state index is 0.586. The molecule has 0 amide bonds. The first-order chi connectivity index (χ1) is 4.93. The van der Waals surface area contributed by atoms with Crippen LogP contribution in [-0.2, 0) is 0 Å². The van der Waals surface area contributed by atoms with Crippen molar-refractivity contribution in [2.24, 2.45) is 0 Å². The molecule has 0 fully saturated rings. The molecule has 0 saturated heterocycles. The molecule has 0 aliphatic rings. The average Bonchev–Trinajstić information content (AvgIpc) is 2.11. The lowest BCUT2D eigenvalue weighted by molar-refractivity contribution is 1.59. The standard InChI is InChI=1S/C7H10ClIS2/c1-11(2,3)7-6(9)5(8)4-10-7/h4H,1-3H3. The van der Waals surface area contributed by atoms with Crippen LogP contribution in [0, 0.1) is 3.57 Å². The average molecular weight is 321 g/mol. The summed E-state index contributed by atoms with van der Waals surface area (Å²) in [5, 5.41) is 2.93. The molecular formula is C7H10ClIS2. The summed E-state index contributed by atoms with van der Waals surface area (Å²) in [6.45, 7) is 0. The molecule has 0 atom stereocenters. The topological polar surface area (TPSA) is 0 Å². The third-order valence-electron chi connectivity index (χ3n) is 1.21. The van der Waals surface area contributed by atoms with Gasteiger partial charge in [-0.25, -0.2) is 10.0 Å². The zero-order valence-electron chi connectivity index (χ0n) is 6.65. The molecular weight excluding hydrogens is 311 g/mol. The van der Waals surface area contributed by atoms with Crippen molar-refractivity contribution in [3.05, 3.63) is 14.0 Å². The van der Waals surface area contributed by atoms with Gasteiger partial charge in [-0.15, -0.1) is 11.3 Å². The van der Waals surface area contributed by atoms with Gasteiger partial charge in [-0.3, -0.25) is 0 Å². The number of thiophene rings is 1. The van der Waals surface area contributed by atoms with Crippen molar-refractivity contribution in [1.29, 1.82) is 0 Å². The Morgan fingerprint density at radius 1 is 1.45 bits per heavy atom. The fourth-order valence-electron chi connectivity index (χ4n) is 0.719. The van der Waals surface area contributed by atoms with E-state index in [1.54, 1.807) is 11.3 Å². The number of hydrogen-bond acceptors (Lipinski definition) is 1. The van der Waals surface area contributed by atoms with Crippen LogP contribution in [0.25, 0.3) is 0 Å². The molecule has 0 nitrogen and oxygen atoms in total. The Balaban J connectivity index is 3.15.